The van der Waals surface area contributed by atoms with Gasteiger partial charge in [0.1, 0.15) is 34.9 Å². The summed E-state index contributed by atoms with van der Waals surface area (Å²) in [5, 5.41) is 6.29. The van der Waals surface area contributed by atoms with Gasteiger partial charge in [0.2, 0.25) is 0 Å². The number of nitrogens with zero attached hydrogens (tertiary/aromatic N) is 2. The third-order valence-corrected chi connectivity index (χ3v) is 6.14. The van der Waals surface area contributed by atoms with Gasteiger partial charge in [-0.15, -0.1) is 0 Å². The maximum absolute atomic E-state index is 13.3. The molecule has 33 heavy (non-hydrogen) atoms. The quantitative estimate of drug-likeness (QED) is 0.577. The number of imidazole rings is 1. The Bertz CT molecular complexity index is 1120. The third kappa shape index (κ3) is 4.84. The number of carbonyl (C=O) groups is 1. The molecule has 0 bridgehead atoms. The Morgan fingerprint density at radius 2 is 1.91 bits per heavy atom. The summed E-state index contributed by atoms with van der Waals surface area (Å²) < 4.78 is 18.7. The van der Waals surface area contributed by atoms with Crippen molar-refractivity contribution in [3.05, 3.63) is 65.1 Å². The summed E-state index contributed by atoms with van der Waals surface area (Å²) in [5.41, 5.74) is 1.88. The van der Waals surface area contributed by atoms with Gasteiger partial charge >= 0.3 is 6.03 Å². The number of rotatable bonds is 6. The number of methoxy groups -OCH3 is 2. The SMILES string of the molecule is COc1cc(OC)cc(C(NC(=O)NC2CC(C)(C)Cc3oc(C)cc32)c2nccn2C)c1. The van der Waals surface area contributed by atoms with Gasteiger partial charge in [0.05, 0.1) is 20.3 Å². The highest BCUT2D eigenvalue weighted by molar-refractivity contribution is 5.75. The van der Waals surface area contributed by atoms with Gasteiger partial charge in [-0.3, -0.25) is 0 Å². The Morgan fingerprint density at radius 3 is 2.52 bits per heavy atom. The monoisotopic (exact) mass is 452 g/mol. The lowest BCUT2D eigenvalue weighted by Gasteiger charge is -2.35. The van der Waals surface area contributed by atoms with E-state index < -0.39 is 6.04 Å². The molecule has 2 amide bonds. The Kier molecular flexibility index (Phi) is 6.10. The number of carbonyl (C=O) groups excluding carboxylic acids is 1. The summed E-state index contributed by atoms with van der Waals surface area (Å²) in [6, 6.07) is 6.66. The molecule has 1 aromatic carbocycles. The van der Waals surface area contributed by atoms with E-state index in [1.165, 1.54) is 0 Å². The van der Waals surface area contributed by atoms with Crippen molar-refractivity contribution in [1.82, 2.24) is 20.2 Å². The highest BCUT2D eigenvalue weighted by Crippen LogP contribution is 2.42. The Hall–Kier alpha value is -3.42. The lowest BCUT2D eigenvalue weighted by atomic mass is 9.75. The molecule has 2 unspecified atom stereocenters. The maximum Gasteiger partial charge on any atom is 0.316 e. The maximum atomic E-state index is 13.3. The molecule has 176 valence electrons. The zero-order chi connectivity index (χ0) is 23.8. The van der Waals surface area contributed by atoms with Gasteiger partial charge < -0.3 is 29.1 Å². The minimum atomic E-state index is -0.504. The Balaban J connectivity index is 1.63. The number of furan rings is 1. The van der Waals surface area contributed by atoms with Gasteiger partial charge in [0.25, 0.3) is 0 Å². The van der Waals surface area contributed by atoms with Crippen molar-refractivity contribution in [2.45, 2.75) is 45.7 Å². The smallest absolute Gasteiger partial charge is 0.316 e. The largest absolute Gasteiger partial charge is 0.497 e. The van der Waals surface area contributed by atoms with Crippen LogP contribution in [0.3, 0.4) is 0 Å². The van der Waals surface area contributed by atoms with Gasteiger partial charge in [-0.25, -0.2) is 9.78 Å². The average Bonchev–Trinajstić information content (AvgIpc) is 3.35. The van der Waals surface area contributed by atoms with E-state index in [1.54, 1.807) is 26.5 Å². The predicted molar refractivity (Wildman–Crippen MR) is 125 cm³/mol. The van der Waals surface area contributed by atoms with Crippen LogP contribution in [-0.2, 0) is 13.5 Å². The molecule has 2 aromatic heterocycles. The molecular weight excluding hydrogens is 420 g/mol. The van der Waals surface area contributed by atoms with E-state index in [2.05, 4.69) is 29.5 Å². The second-order valence-electron chi connectivity index (χ2n) is 9.43. The molecule has 0 saturated heterocycles. The van der Waals surface area contributed by atoms with Crippen molar-refractivity contribution in [3.8, 4) is 11.5 Å². The first-order valence-electron chi connectivity index (χ1n) is 11.1. The van der Waals surface area contributed by atoms with Gasteiger partial charge in [0.15, 0.2) is 0 Å². The summed E-state index contributed by atoms with van der Waals surface area (Å²) in [7, 11) is 5.10. The predicted octanol–water partition coefficient (Wildman–Crippen LogP) is 4.44. The van der Waals surface area contributed by atoms with E-state index in [0.29, 0.717) is 17.3 Å². The molecule has 3 aromatic rings. The summed E-state index contributed by atoms with van der Waals surface area (Å²) in [6.07, 6.45) is 5.24. The fraction of sp³-hybridized carbons (Fsp3) is 0.440. The number of amides is 2. The van der Waals surface area contributed by atoms with Gasteiger partial charge in [-0.2, -0.15) is 0 Å². The lowest BCUT2D eigenvalue weighted by Crippen LogP contribution is -2.43. The second kappa shape index (κ2) is 8.84. The van der Waals surface area contributed by atoms with Crippen LogP contribution in [-0.4, -0.2) is 29.8 Å². The fourth-order valence-corrected chi connectivity index (χ4v) is 4.59. The second-order valence-corrected chi connectivity index (χ2v) is 9.43. The third-order valence-electron chi connectivity index (χ3n) is 6.14. The molecular formula is C25H32N4O4. The number of aryl methyl sites for hydroxylation is 2. The number of nitrogens with one attached hydrogen (secondary N) is 2. The molecule has 2 atom stereocenters. The molecule has 0 spiro atoms. The molecule has 0 aliphatic heterocycles. The van der Waals surface area contributed by atoms with Crippen molar-refractivity contribution in [2.24, 2.45) is 12.5 Å². The van der Waals surface area contributed by atoms with E-state index in [0.717, 1.165) is 35.5 Å². The summed E-state index contributed by atoms with van der Waals surface area (Å²) in [4.78, 5) is 17.8. The minimum Gasteiger partial charge on any atom is -0.497 e. The number of hydrogen-bond acceptors (Lipinski definition) is 5. The molecule has 1 aliphatic carbocycles. The van der Waals surface area contributed by atoms with Crippen molar-refractivity contribution >= 4 is 6.03 Å². The standard InChI is InChI=1S/C25H32N4O4/c1-15-9-19-20(13-25(2,3)14-21(19)33-15)27-24(30)28-22(23-26-7-8-29(23)4)16-10-17(31-5)12-18(11-16)32-6/h7-12,20,22H,13-14H2,1-6H3,(H2,27,28,30). The molecule has 0 saturated carbocycles. The van der Waals surface area contributed by atoms with E-state index in [-0.39, 0.29) is 17.5 Å². The first-order chi connectivity index (χ1) is 15.7. The van der Waals surface area contributed by atoms with Gasteiger partial charge in [-0.05, 0) is 42.5 Å². The van der Waals surface area contributed by atoms with Crippen LogP contribution < -0.4 is 20.1 Å². The first-order valence-corrected chi connectivity index (χ1v) is 11.1. The number of urea groups is 1. The molecule has 2 N–H and O–H groups in total. The van der Waals surface area contributed by atoms with Crippen LogP contribution in [0.15, 0.2) is 41.1 Å². The van der Waals surface area contributed by atoms with Crippen LogP contribution in [0, 0.1) is 12.3 Å². The number of benzene rings is 1. The number of ether oxygens (including phenoxy) is 2. The van der Waals surface area contributed by atoms with Crippen LogP contribution in [0.2, 0.25) is 0 Å². The minimum absolute atomic E-state index is 0.0223. The van der Waals surface area contributed by atoms with E-state index >= 15 is 0 Å². The summed E-state index contributed by atoms with van der Waals surface area (Å²) in [6.45, 7) is 6.33. The summed E-state index contributed by atoms with van der Waals surface area (Å²) in [5.74, 6) is 3.78. The Morgan fingerprint density at radius 1 is 1.21 bits per heavy atom. The Labute approximate surface area is 194 Å². The zero-order valence-electron chi connectivity index (χ0n) is 20.1. The molecule has 8 nitrogen and oxygen atoms in total. The fourth-order valence-electron chi connectivity index (χ4n) is 4.59. The molecule has 2 heterocycles. The van der Waals surface area contributed by atoms with Gasteiger partial charge in [-0.1, -0.05) is 13.8 Å². The zero-order valence-corrected chi connectivity index (χ0v) is 20.1. The lowest BCUT2D eigenvalue weighted by molar-refractivity contribution is 0.212. The molecule has 0 fully saturated rings. The first kappa shape index (κ1) is 22.8. The van der Waals surface area contributed by atoms with Crippen LogP contribution >= 0.6 is 0 Å². The topological polar surface area (TPSA) is 90.6 Å². The number of hydrogen-bond donors (Lipinski definition) is 2. The number of fused-ring (bicyclic) bond motifs is 1. The van der Waals surface area contributed by atoms with Crippen LogP contribution in [0.5, 0.6) is 11.5 Å². The normalized spacial score (nSPS) is 17.7. The van der Waals surface area contributed by atoms with E-state index in [4.69, 9.17) is 13.9 Å². The molecule has 4 rings (SSSR count). The highest BCUT2D eigenvalue weighted by atomic mass is 16.5. The van der Waals surface area contributed by atoms with Crippen LogP contribution in [0.1, 0.15) is 60.8 Å². The average molecular weight is 453 g/mol. The van der Waals surface area contributed by atoms with E-state index in [1.807, 2.05) is 42.9 Å². The summed E-state index contributed by atoms with van der Waals surface area (Å²) >= 11 is 0. The van der Waals surface area contributed by atoms with Crippen molar-refractivity contribution < 1.29 is 18.7 Å². The van der Waals surface area contributed by atoms with Crippen molar-refractivity contribution in [1.29, 1.82) is 0 Å². The highest BCUT2D eigenvalue weighted by Gasteiger charge is 2.36. The molecule has 1 aliphatic rings. The molecule has 0 radical (unpaired) electrons. The van der Waals surface area contributed by atoms with Crippen LogP contribution in [0.4, 0.5) is 4.79 Å². The van der Waals surface area contributed by atoms with E-state index in [9.17, 15) is 4.79 Å². The van der Waals surface area contributed by atoms with Crippen molar-refractivity contribution in [2.75, 3.05) is 14.2 Å². The van der Waals surface area contributed by atoms with Crippen molar-refractivity contribution in [3.63, 3.8) is 0 Å². The van der Waals surface area contributed by atoms with Gasteiger partial charge in [0, 0.05) is 37.5 Å². The molecule has 8 heteroatoms. The number of aromatic nitrogens is 2. The van der Waals surface area contributed by atoms with Crippen LogP contribution in [0.25, 0.3) is 0 Å².